The number of hydrogen-bond acceptors (Lipinski definition) is 1. The van der Waals surface area contributed by atoms with E-state index in [2.05, 4.69) is 5.32 Å². The second-order valence-corrected chi connectivity index (χ2v) is 5.19. The third-order valence-electron chi connectivity index (χ3n) is 3.77. The summed E-state index contributed by atoms with van der Waals surface area (Å²) in [5, 5.41) is 3.07. The molecule has 1 saturated carbocycles. The zero-order valence-corrected chi connectivity index (χ0v) is 10.7. The van der Waals surface area contributed by atoms with Gasteiger partial charge in [-0.15, -0.1) is 0 Å². The van der Waals surface area contributed by atoms with Crippen LogP contribution < -0.4 is 5.32 Å². The standard InChI is InChI=1S/C16H14F3N/c17-12-3-1-10(2-4-12)11-7-14(8-11)20-16-6-5-13(18)9-15(16)19/h1-6,9,11,14,20H,7-8H2. The molecule has 2 aromatic carbocycles. The molecule has 1 nitrogen and oxygen atoms in total. The van der Waals surface area contributed by atoms with Crippen molar-refractivity contribution in [2.24, 2.45) is 0 Å². The molecule has 4 heteroatoms. The Kier molecular flexibility index (Phi) is 3.38. The molecule has 0 atom stereocenters. The quantitative estimate of drug-likeness (QED) is 0.873. The summed E-state index contributed by atoms with van der Waals surface area (Å²) in [4.78, 5) is 0. The van der Waals surface area contributed by atoms with E-state index in [0.717, 1.165) is 24.5 Å². The minimum Gasteiger partial charge on any atom is -0.380 e. The lowest BCUT2D eigenvalue weighted by Gasteiger charge is -2.37. The van der Waals surface area contributed by atoms with Gasteiger partial charge in [-0.1, -0.05) is 12.1 Å². The smallest absolute Gasteiger partial charge is 0.149 e. The fourth-order valence-corrected chi connectivity index (χ4v) is 2.57. The van der Waals surface area contributed by atoms with Gasteiger partial charge in [-0.2, -0.15) is 0 Å². The molecular formula is C16H14F3N. The Morgan fingerprint density at radius 3 is 2.15 bits per heavy atom. The van der Waals surface area contributed by atoms with Gasteiger partial charge in [0.05, 0.1) is 5.69 Å². The SMILES string of the molecule is Fc1ccc(C2CC(Nc3ccc(F)cc3F)C2)cc1. The Morgan fingerprint density at radius 2 is 1.50 bits per heavy atom. The molecule has 0 aliphatic heterocycles. The van der Waals surface area contributed by atoms with E-state index < -0.39 is 11.6 Å². The molecule has 0 amide bonds. The number of nitrogens with one attached hydrogen (secondary N) is 1. The Balaban J connectivity index is 1.59. The van der Waals surface area contributed by atoms with Crippen LogP contribution in [0.25, 0.3) is 0 Å². The molecule has 0 aromatic heterocycles. The predicted octanol–water partition coefficient (Wildman–Crippen LogP) is 4.46. The second kappa shape index (κ2) is 5.19. The molecule has 1 aliphatic carbocycles. The van der Waals surface area contributed by atoms with Crippen molar-refractivity contribution in [1.29, 1.82) is 0 Å². The minimum atomic E-state index is -0.578. The van der Waals surface area contributed by atoms with Gasteiger partial charge in [0.15, 0.2) is 0 Å². The number of halogens is 3. The minimum absolute atomic E-state index is 0.171. The van der Waals surface area contributed by atoms with Gasteiger partial charge in [-0.3, -0.25) is 0 Å². The number of benzene rings is 2. The molecule has 0 bridgehead atoms. The van der Waals surface area contributed by atoms with Crippen LogP contribution in [-0.2, 0) is 0 Å². The largest absolute Gasteiger partial charge is 0.380 e. The lowest BCUT2D eigenvalue weighted by Crippen LogP contribution is -2.34. The van der Waals surface area contributed by atoms with Gasteiger partial charge >= 0.3 is 0 Å². The molecular weight excluding hydrogens is 263 g/mol. The van der Waals surface area contributed by atoms with Gasteiger partial charge in [0.2, 0.25) is 0 Å². The summed E-state index contributed by atoms with van der Waals surface area (Å²) >= 11 is 0. The Morgan fingerprint density at radius 1 is 0.850 bits per heavy atom. The summed E-state index contributed by atoms with van der Waals surface area (Å²) in [6.45, 7) is 0. The highest BCUT2D eigenvalue weighted by Crippen LogP contribution is 2.38. The van der Waals surface area contributed by atoms with Crippen LogP contribution in [-0.4, -0.2) is 6.04 Å². The summed E-state index contributed by atoms with van der Waals surface area (Å²) in [5.74, 6) is -1.02. The summed E-state index contributed by atoms with van der Waals surface area (Å²) < 4.78 is 39.1. The van der Waals surface area contributed by atoms with E-state index in [9.17, 15) is 13.2 Å². The Labute approximate surface area is 115 Å². The van der Waals surface area contributed by atoms with Crippen molar-refractivity contribution in [3.63, 3.8) is 0 Å². The van der Waals surface area contributed by atoms with Gasteiger partial charge < -0.3 is 5.32 Å². The van der Waals surface area contributed by atoms with Crippen molar-refractivity contribution in [3.8, 4) is 0 Å². The highest BCUT2D eigenvalue weighted by molar-refractivity contribution is 5.46. The van der Waals surface area contributed by atoms with Crippen molar-refractivity contribution >= 4 is 5.69 Å². The van der Waals surface area contributed by atoms with Gasteiger partial charge in [0.25, 0.3) is 0 Å². The number of hydrogen-bond donors (Lipinski definition) is 1. The molecule has 0 unspecified atom stereocenters. The molecule has 0 radical (unpaired) electrons. The third kappa shape index (κ3) is 2.64. The normalized spacial score (nSPS) is 21.4. The molecule has 0 heterocycles. The molecule has 3 rings (SSSR count). The lowest BCUT2D eigenvalue weighted by atomic mass is 9.76. The van der Waals surface area contributed by atoms with Crippen LogP contribution in [0.1, 0.15) is 24.3 Å². The van der Waals surface area contributed by atoms with E-state index in [1.807, 2.05) is 0 Å². The number of anilines is 1. The summed E-state index contributed by atoms with van der Waals surface area (Å²) in [7, 11) is 0. The summed E-state index contributed by atoms with van der Waals surface area (Å²) in [6.07, 6.45) is 1.73. The fourth-order valence-electron chi connectivity index (χ4n) is 2.57. The van der Waals surface area contributed by atoms with Crippen LogP contribution in [0.5, 0.6) is 0 Å². The molecule has 0 saturated heterocycles. The van der Waals surface area contributed by atoms with Gasteiger partial charge in [0, 0.05) is 12.1 Å². The summed E-state index contributed by atoms with van der Waals surface area (Å²) in [5.41, 5.74) is 1.43. The van der Waals surface area contributed by atoms with Crippen LogP contribution in [0.4, 0.5) is 18.9 Å². The maximum Gasteiger partial charge on any atom is 0.149 e. The van der Waals surface area contributed by atoms with Crippen LogP contribution in [0.3, 0.4) is 0 Å². The van der Waals surface area contributed by atoms with E-state index >= 15 is 0 Å². The average Bonchev–Trinajstić information content (AvgIpc) is 2.37. The van der Waals surface area contributed by atoms with Crippen LogP contribution in [0.15, 0.2) is 42.5 Å². The molecule has 1 N–H and O–H groups in total. The van der Waals surface area contributed by atoms with Crippen LogP contribution in [0, 0.1) is 17.5 Å². The van der Waals surface area contributed by atoms with Crippen molar-refractivity contribution in [2.75, 3.05) is 5.32 Å². The van der Waals surface area contributed by atoms with Crippen molar-refractivity contribution in [3.05, 3.63) is 65.5 Å². The van der Waals surface area contributed by atoms with E-state index in [0.29, 0.717) is 11.6 Å². The zero-order valence-electron chi connectivity index (χ0n) is 10.7. The monoisotopic (exact) mass is 277 g/mol. The van der Waals surface area contributed by atoms with Crippen LogP contribution in [0.2, 0.25) is 0 Å². The molecule has 20 heavy (non-hydrogen) atoms. The average molecular weight is 277 g/mol. The number of rotatable bonds is 3. The van der Waals surface area contributed by atoms with E-state index in [1.165, 1.54) is 24.3 Å². The molecule has 2 aromatic rings. The first-order valence-corrected chi connectivity index (χ1v) is 6.59. The Hall–Kier alpha value is -1.97. The second-order valence-electron chi connectivity index (χ2n) is 5.19. The van der Waals surface area contributed by atoms with E-state index in [1.54, 1.807) is 12.1 Å². The van der Waals surface area contributed by atoms with Crippen LogP contribution >= 0.6 is 0 Å². The molecule has 1 aliphatic rings. The van der Waals surface area contributed by atoms with Crippen molar-refractivity contribution in [1.82, 2.24) is 0 Å². The fraction of sp³-hybridized carbons (Fsp3) is 0.250. The molecule has 1 fully saturated rings. The third-order valence-corrected chi connectivity index (χ3v) is 3.77. The first kappa shape index (κ1) is 13.0. The highest BCUT2D eigenvalue weighted by Gasteiger charge is 2.30. The summed E-state index contributed by atoms with van der Waals surface area (Å²) in [6, 6.07) is 10.2. The van der Waals surface area contributed by atoms with Crippen molar-refractivity contribution in [2.45, 2.75) is 24.8 Å². The molecule has 0 spiro atoms. The zero-order chi connectivity index (χ0) is 14.1. The predicted molar refractivity (Wildman–Crippen MR) is 72.1 cm³/mol. The first-order valence-electron chi connectivity index (χ1n) is 6.59. The van der Waals surface area contributed by atoms with Gasteiger partial charge in [-0.05, 0) is 48.6 Å². The van der Waals surface area contributed by atoms with E-state index in [-0.39, 0.29) is 11.9 Å². The topological polar surface area (TPSA) is 12.0 Å². The Bertz CT molecular complexity index is 604. The molecule has 104 valence electrons. The van der Waals surface area contributed by atoms with Crippen molar-refractivity contribution < 1.29 is 13.2 Å². The van der Waals surface area contributed by atoms with Gasteiger partial charge in [-0.25, -0.2) is 13.2 Å². The maximum atomic E-state index is 13.5. The first-order chi connectivity index (χ1) is 9.61. The lowest BCUT2D eigenvalue weighted by molar-refractivity contribution is 0.372. The highest BCUT2D eigenvalue weighted by atomic mass is 19.1. The van der Waals surface area contributed by atoms with E-state index in [4.69, 9.17) is 0 Å². The maximum absolute atomic E-state index is 13.5. The van der Waals surface area contributed by atoms with Gasteiger partial charge in [0.1, 0.15) is 17.5 Å².